The van der Waals surface area contributed by atoms with Gasteiger partial charge in [-0.05, 0) is 42.5 Å². The summed E-state index contributed by atoms with van der Waals surface area (Å²) in [7, 11) is -3.75. The minimum Gasteiger partial charge on any atom is -0.324 e. The van der Waals surface area contributed by atoms with E-state index in [4.69, 9.17) is 11.6 Å². The third-order valence-corrected chi connectivity index (χ3v) is 8.11. The number of aromatic nitrogens is 2. The molecule has 8 nitrogen and oxygen atoms in total. The monoisotopic (exact) mass is 466 g/mol. The number of halogens is 1. The fourth-order valence-electron chi connectivity index (χ4n) is 3.38. The molecule has 0 aliphatic carbocycles. The number of thiophene rings is 1. The zero-order valence-electron chi connectivity index (χ0n) is 15.9. The first-order chi connectivity index (χ1) is 14.4. The van der Waals surface area contributed by atoms with Gasteiger partial charge in [0.2, 0.25) is 15.9 Å². The number of rotatable bonds is 5. The number of carbonyl (C=O) groups excluding carboxylic acids is 1. The molecule has 0 saturated carbocycles. The van der Waals surface area contributed by atoms with Crippen molar-refractivity contribution in [3.63, 3.8) is 0 Å². The van der Waals surface area contributed by atoms with E-state index in [0.717, 1.165) is 19.3 Å². The predicted octanol–water partition coefficient (Wildman–Crippen LogP) is 2.92. The minimum absolute atomic E-state index is 0.0395. The largest absolute Gasteiger partial charge is 0.324 e. The van der Waals surface area contributed by atoms with Gasteiger partial charge in [-0.15, -0.1) is 11.3 Å². The summed E-state index contributed by atoms with van der Waals surface area (Å²) in [5.41, 5.74) is -0.0153. The summed E-state index contributed by atoms with van der Waals surface area (Å²) in [4.78, 5) is 29.6. The SMILES string of the molecule is O=C(Cn1cnc2sccc2c1=O)Nc1ccc(Cl)c(S(=O)(=O)N2CCCCC2)c1. The Kier molecular flexibility index (Phi) is 5.92. The van der Waals surface area contributed by atoms with Crippen LogP contribution in [0.3, 0.4) is 0 Å². The van der Waals surface area contributed by atoms with Gasteiger partial charge in [0.15, 0.2) is 0 Å². The maximum atomic E-state index is 13.0. The van der Waals surface area contributed by atoms with Crippen LogP contribution in [0.1, 0.15) is 19.3 Å². The number of sulfonamides is 1. The summed E-state index contributed by atoms with van der Waals surface area (Å²) >= 11 is 7.51. The topological polar surface area (TPSA) is 101 Å². The van der Waals surface area contributed by atoms with Crippen molar-refractivity contribution in [2.75, 3.05) is 18.4 Å². The zero-order chi connectivity index (χ0) is 21.3. The van der Waals surface area contributed by atoms with Gasteiger partial charge in [0.25, 0.3) is 5.56 Å². The van der Waals surface area contributed by atoms with E-state index in [1.807, 2.05) is 0 Å². The number of amides is 1. The second-order valence-corrected chi connectivity index (χ2v) is 10.2. The molecule has 1 fully saturated rings. The van der Waals surface area contributed by atoms with Crippen LogP contribution >= 0.6 is 22.9 Å². The fraction of sp³-hybridized carbons (Fsp3) is 0.316. The van der Waals surface area contributed by atoms with Crippen molar-refractivity contribution in [3.05, 3.63) is 51.3 Å². The molecule has 1 aliphatic rings. The Morgan fingerprint density at radius 2 is 1.97 bits per heavy atom. The molecular weight excluding hydrogens is 448 g/mol. The van der Waals surface area contributed by atoms with Crippen LogP contribution in [-0.4, -0.2) is 41.3 Å². The molecule has 0 spiro atoms. The number of fused-ring (bicyclic) bond motifs is 1. The number of hydrogen-bond donors (Lipinski definition) is 1. The third-order valence-electron chi connectivity index (χ3n) is 4.91. The zero-order valence-corrected chi connectivity index (χ0v) is 18.3. The van der Waals surface area contributed by atoms with E-state index in [0.29, 0.717) is 23.3 Å². The van der Waals surface area contributed by atoms with Gasteiger partial charge in [0.05, 0.1) is 16.7 Å². The summed E-state index contributed by atoms with van der Waals surface area (Å²) in [6, 6.07) is 5.99. The Morgan fingerprint density at radius 1 is 1.20 bits per heavy atom. The van der Waals surface area contributed by atoms with Gasteiger partial charge in [-0.3, -0.25) is 14.2 Å². The lowest BCUT2D eigenvalue weighted by atomic mass is 10.2. The van der Waals surface area contributed by atoms with Gasteiger partial charge in [0, 0.05) is 18.8 Å². The Labute approximate surface area is 182 Å². The van der Waals surface area contributed by atoms with Gasteiger partial charge in [0.1, 0.15) is 16.3 Å². The van der Waals surface area contributed by atoms with Crippen molar-refractivity contribution < 1.29 is 13.2 Å². The highest BCUT2D eigenvalue weighted by Crippen LogP contribution is 2.29. The standard InChI is InChI=1S/C19H19ClN4O4S2/c20-15-5-4-13(10-16(15)30(27,28)24-7-2-1-3-8-24)22-17(25)11-23-12-21-18-14(19(23)26)6-9-29-18/h4-6,9-10,12H,1-3,7-8,11H2,(H,22,25). The van der Waals surface area contributed by atoms with E-state index in [-0.39, 0.29) is 27.7 Å². The first-order valence-corrected chi connectivity index (χ1v) is 12.1. The third kappa shape index (κ3) is 4.13. The Balaban J connectivity index is 1.54. The van der Waals surface area contributed by atoms with Crippen molar-refractivity contribution in [3.8, 4) is 0 Å². The number of hydrogen-bond acceptors (Lipinski definition) is 6. The van der Waals surface area contributed by atoms with Gasteiger partial charge in [-0.25, -0.2) is 13.4 Å². The van der Waals surface area contributed by atoms with E-state index in [9.17, 15) is 18.0 Å². The molecule has 3 aromatic rings. The molecule has 3 heterocycles. The lowest BCUT2D eigenvalue weighted by Gasteiger charge is -2.26. The van der Waals surface area contributed by atoms with Gasteiger partial charge in [-0.2, -0.15) is 4.31 Å². The number of piperidine rings is 1. The molecule has 0 bridgehead atoms. The number of anilines is 1. The molecule has 2 aromatic heterocycles. The Morgan fingerprint density at radius 3 is 2.73 bits per heavy atom. The molecule has 11 heteroatoms. The second kappa shape index (κ2) is 8.46. The molecule has 1 aliphatic heterocycles. The first-order valence-electron chi connectivity index (χ1n) is 9.38. The highest BCUT2D eigenvalue weighted by molar-refractivity contribution is 7.89. The van der Waals surface area contributed by atoms with Crippen LogP contribution in [-0.2, 0) is 21.4 Å². The van der Waals surface area contributed by atoms with Crippen LogP contribution in [0.2, 0.25) is 5.02 Å². The molecule has 1 amide bonds. The van der Waals surface area contributed by atoms with Gasteiger partial charge >= 0.3 is 0 Å². The average Bonchev–Trinajstić information content (AvgIpc) is 3.22. The van der Waals surface area contributed by atoms with Crippen LogP contribution in [0.25, 0.3) is 10.2 Å². The first kappa shape index (κ1) is 21.0. The quantitative estimate of drug-likeness (QED) is 0.623. The molecule has 0 atom stereocenters. The molecule has 30 heavy (non-hydrogen) atoms. The van der Waals surface area contributed by atoms with Crippen molar-refractivity contribution in [1.29, 1.82) is 0 Å². The number of nitrogens with one attached hydrogen (secondary N) is 1. The van der Waals surface area contributed by atoms with Crippen molar-refractivity contribution >= 4 is 54.8 Å². The molecule has 0 unspecified atom stereocenters. The minimum atomic E-state index is -3.75. The lowest BCUT2D eigenvalue weighted by molar-refractivity contribution is -0.116. The lowest BCUT2D eigenvalue weighted by Crippen LogP contribution is -2.35. The van der Waals surface area contributed by atoms with E-state index < -0.39 is 15.9 Å². The number of carbonyl (C=O) groups is 1. The maximum absolute atomic E-state index is 13.0. The van der Waals surface area contributed by atoms with Crippen LogP contribution in [0.15, 0.2) is 45.7 Å². The Bertz CT molecular complexity index is 1260. The number of nitrogens with zero attached hydrogens (tertiary/aromatic N) is 3. The predicted molar refractivity (Wildman–Crippen MR) is 117 cm³/mol. The molecule has 4 rings (SSSR count). The molecule has 1 N–H and O–H groups in total. The summed E-state index contributed by atoms with van der Waals surface area (Å²) in [6.45, 7) is 0.668. The maximum Gasteiger partial charge on any atom is 0.262 e. The average molecular weight is 467 g/mol. The molecule has 1 saturated heterocycles. The van der Waals surface area contributed by atoms with Crippen LogP contribution < -0.4 is 10.9 Å². The molecular formula is C19H19ClN4O4S2. The highest BCUT2D eigenvalue weighted by atomic mass is 35.5. The van der Waals surface area contributed by atoms with Gasteiger partial charge < -0.3 is 5.32 Å². The van der Waals surface area contributed by atoms with Crippen molar-refractivity contribution in [2.45, 2.75) is 30.7 Å². The van der Waals surface area contributed by atoms with E-state index >= 15 is 0 Å². The fourth-order valence-corrected chi connectivity index (χ4v) is 6.13. The van der Waals surface area contributed by atoms with Gasteiger partial charge in [-0.1, -0.05) is 18.0 Å². The molecule has 0 radical (unpaired) electrons. The van der Waals surface area contributed by atoms with Crippen LogP contribution in [0.4, 0.5) is 5.69 Å². The normalized spacial score (nSPS) is 15.4. The van der Waals surface area contributed by atoms with E-state index in [2.05, 4.69) is 10.3 Å². The summed E-state index contributed by atoms with van der Waals surface area (Å²) < 4.78 is 28.5. The van der Waals surface area contributed by atoms with Crippen molar-refractivity contribution in [2.24, 2.45) is 0 Å². The molecule has 1 aromatic carbocycles. The van der Waals surface area contributed by atoms with Crippen LogP contribution in [0.5, 0.6) is 0 Å². The smallest absolute Gasteiger partial charge is 0.262 e. The summed E-state index contributed by atoms with van der Waals surface area (Å²) in [6.07, 6.45) is 3.95. The molecule has 158 valence electrons. The van der Waals surface area contributed by atoms with E-state index in [1.54, 1.807) is 11.4 Å². The highest BCUT2D eigenvalue weighted by Gasteiger charge is 2.28. The van der Waals surface area contributed by atoms with Crippen LogP contribution in [0, 0.1) is 0 Å². The van der Waals surface area contributed by atoms with E-state index in [1.165, 1.54) is 44.7 Å². The second-order valence-electron chi connectivity index (χ2n) is 6.98. The van der Waals surface area contributed by atoms with Crippen molar-refractivity contribution in [1.82, 2.24) is 13.9 Å². The summed E-state index contributed by atoms with van der Waals surface area (Å²) in [5.74, 6) is -0.475. The number of benzene rings is 1. The Hall–Kier alpha value is -2.27. The summed E-state index contributed by atoms with van der Waals surface area (Å²) in [5, 5.41) is 4.96.